The first-order valence-electron chi connectivity index (χ1n) is 4.18. The van der Waals surface area contributed by atoms with Crippen LogP contribution in [0, 0.1) is 0 Å². The molecule has 2 heterocycles. The number of aromatic nitrogens is 2. The minimum atomic E-state index is 0.103. The Kier molecular flexibility index (Phi) is 2.33. The maximum atomic E-state index is 5.69. The molecule has 3 nitrogen and oxygen atoms in total. The summed E-state index contributed by atoms with van der Waals surface area (Å²) in [5.41, 5.74) is 0. The summed E-state index contributed by atoms with van der Waals surface area (Å²) in [7, 11) is 0. The molecule has 0 saturated carbocycles. The fraction of sp³-hybridized carbons (Fsp3) is 0.625. The first-order chi connectivity index (χ1) is 5.86. The third-order valence-corrected chi connectivity index (χ3v) is 2.23. The van der Waals surface area contributed by atoms with Crippen LogP contribution < -0.4 is 0 Å². The van der Waals surface area contributed by atoms with Gasteiger partial charge in [0.15, 0.2) is 5.15 Å². The Hall–Kier alpha value is -0.540. The second kappa shape index (κ2) is 3.46. The topological polar surface area (TPSA) is 27.1 Å². The van der Waals surface area contributed by atoms with Crippen LogP contribution in [0.5, 0.6) is 0 Å². The van der Waals surface area contributed by atoms with Crippen LogP contribution in [0.1, 0.15) is 25.5 Å². The van der Waals surface area contributed by atoms with Gasteiger partial charge in [-0.05, 0) is 25.3 Å². The van der Waals surface area contributed by atoms with E-state index in [0.29, 0.717) is 5.15 Å². The minimum Gasteiger partial charge on any atom is -0.357 e. The van der Waals surface area contributed by atoms with E-state index in [2.05, 4.69) is 5.10 Å². The van der Waals surface area contributed by atoms with Gasteiger partial charge in [-0.25, -0.2) is 4.68 Å². The summed E-state index contributed by atoms with van der Waals surface area (Å²) in [6.45, 7) is 0.835. The van der Waals surface area contributed by atoms with Crippen LogP contribution in [-0.2, 0) is 4.74 Å². The monoisotopic (exact) mass is 186 g/mol. The van der Waals surface area contributed by atoms with E-state index < -0.39 is 0 Å². The van der Waals surface area contributed by atoms with Gasteiger partial charge in [0.05, 0.1) is 0 Å². The highest BCUT2D eigenvalue weighted by atomic mass is 35.5. The van der Waals surface area contributed by atoms with Gasteiger partial charge in [0.25, 0.3) is 0 Å². The Labute approximate surface area is 76.3 Å². The zero-order valence-electron chi connectivity index (χ0n) is 6.74. The molecule has 0 bridgehead atoms. The average Bonchev–Trinajstić information content (AvgIpc) is 2.54. The zero-order valence-corrected chi connectivity index (χ0v) is 7.50. The van der Waals surface area contributed by atoms with Crippen molar-refractivity contribution >= 4 is 11.6 Å². The van der Waals surface area contributed by atoms with Gasteiger partial charge in [-0.15, -0.1) is 0 Å². The summed E-state index contributed by atoms with van der Waals surface area (Å²) in [5.74, 6) is 0. The second-order valence-electron chi connectivity index (χ2n) is 2.94. The molecule has 1 aromatic rings. The van der Waals surface area contributed by atoms with Gasteiger partial charge in [-0.1, -0.05) is 11.6 Å². The quantitative estimate of drug-likeness (QED) is 0.673. The summed E-state index contributed by atoms with van der Waals surface area (Å²) in [4.78, 5) is 0. The predicted octanol–water partition coefficient (Wildman–Crippen LogP) is 2.24. The molecule has 0 spiro atoms. The molecule has 1 aromatic heterocycles. The van der Waals surface area contributed by atoms with Crippen molar-refractivity contribution in [2.24, 2.45) is 0 Å². The second-order valence-corrected chi connectivity index (χ2v) is 3.33. The molecule has 1 saturated heterocycles. The highest BCUT2D eigenvalue weighted by molar-refractivity contribution is 6.29. The largest absolute Gasteiger partial charge is 0.357 e. The fourth-order valence-electron chi connectivity index (χ4n) is 1.41. The molecule has 2 rings (SSSR count). The lowest BCUT2D eigenvalue weighted by molar-refractivity contribution is -0.0394. The van der Waals surface area contributed by atoms with E-state index in [9.17, 15) is 0 Å². The molecule has 1 fully saturated rings. The Morgan fingerprint density at radius 1 is 1.58 bits per heavy atom. The van der Waals surface area contributed by atoms with Crippen LogP contribution >= 0.6 is 11.6 Å². The lowest BCUT2D eigenvalue weighted by Crippen LogP contribution is -2.18. The first kappa shape index (κ1) is 8.08. The molecule has 1 aliphatic heterocycles. The van der Waals surface area contributed by atoms with Crippen LogP contribution in [-0.4, -0.2) is 16.4 Å². The third-order valence-electron chi connectivity index (χ3n) is 2.03. The van der Waals surface area contributed by atoms with Crippen molar-refractivity contribution < 1.29 is 4.74 Å². The summed E-state index contributed by atoms with van der Waals surface area (Å²) in [5, 5.41) is 4.62. The molecule has 4 heteroatoms. The molecule has 12 heavy (non-hydrogen) atoms. The molecule has 1 aliphatic rings. The van der Waals surface area contributed by atoms with Crippen LogP contribution in [0.2, 0.25) is 5.15 Å². The van der Waals surface area contributed by atoms with Crippen LogP contribution in [0.25, 0.3) is 0 Å². The minimum absolute atomic E-state index is 0.103. The van der Waals surface area contributed by atoms with Gasteiger partial charge in [-0.2, -0.15) is 5.10 Å². The van der Waals surface area contributed by atoms with Gasteiger partial charge in [0.2, 0.25) is 0 Å². The number of ether oxygens (including phenoxy) is 1. The number of rotatable bonds is 1. The molecule has 66 valence electrons. The van der Waals surface area contributed by atoms with E-state index in [0.717, 1.165) is 19.4 Å². The van der Waals surface area contributed by atoms with E-state index in [1.165, 1.54) is 6.42 Å². The van der Waals surface area contributed by atoms with Crippen molar-refractivity contribution in [1.29, 1.82) is 0 Å². The van der Waals surface area contributed by atoms with Crippen molar-refractivity contribution in [1.82, 2.24) is 9.78 Å². The van der Waals surface area contributed by atoms with Gasteiger partial charge in [-0.3, -0.25) is 0 Å². The Balaban J connectivity index is 2.08. The Morgan fingerprint density at radius 3 is 3.08 bits per heavy atom. The van der Waals surface area contributed by atoms with Gasteiger partial charge >= 0.3 is 0 Å². The van der Waals surface area contributed by atoms with Crippen molar-refractivity contribution in [3.8, 4) is 0 Å². The van der Waals surface area contributed by atoms with Crippen molar-refractivity contribution in [2.45, 2.75) is 25.5 Å². The van der Waals surface area contributed by atoms with Crippen LogP contribution in [0.15, 0.2) is 12.3 Å². The van der Waals surface area contributed by atoms with Crippen molar-refractivity contribution in [2.75, 3.05) is 6.61 Å². The van der Waals surface area contributed by atoms with E-state index >= 15 is 0 Å². The first-order valence-corrected chi connectivity index (χ1v) is 4.56. The number of hydrogen-bond acceptors (Lipinski definition) is 2. The molecule has 0 aliphatic carbocycles. The third kappa shape index (κ3) is 1.62. The highest BCUT2D eigenvalue weighted by Gasteiger charge is 2.15. The van der Waals surface area contributed by atoms with E-state index in [1.54, 1.807) is 10.7 Å². The van der Waals surface area contributed by atoms with Gasteiger partial charge in [0, 0.05) is 12.8 Å². The molecular weight excluding hydrogens is 176 g/mol. The Bertz CT molecular complexity index is 255. The molecule has 0 aromatic carbocycles. The maximum absolute atomic E-state index is 5.69. The Morgan fingerprint density at radius 2 is 2.50 bits per heavy atom. The van der Waals surface area contributed by atoms with E-state index in [1.807, 2.05) is 6.20 Å². The molecule has 0 amide bonds. The molecule has 1 atom stereocenters. The summed E-state index contributed by atoms with van der Waals surface area (Å²) >= 11 is 5.69. The van der Waals surface area contributed by atoms with Crippen LogP contribution in [0.4, 0.5) is 0 Å². The molecule has 1 unspecified atom stereocenters. The standard InChI is InChI=1S/C8H11ClN2O/c9-7-4-5-11(10-7)8-3-1-2-6-12-8/h4-5,8H,1-3,6H2. The average molecular weight is 187 g/mol. The summed E-state index contributed by atoms with van der Waals surface area (Å²) < 4.78 is 7.31. The van der Waals surface area contributed by atoms with Crippen molar-refractivity contribution in [3.63, 3.8) is 0 Å². The fourth-order valence-corrected chi connectivity index (χ4v) is 1.55. The molecule has 0 N–H and O–H groups in total. The number of halogens is 1. The van der Waals surface area contributed by atoms with E-state index in [-0.39, 0.29) is 6.23 Å². The lowest BCUT2D eigenvalue weighted by Gasteiger charge is -2.22. The van der Waals surface area contributed by atoms with Crippen LogP contribution in [0.3, 0.4) is 0 Å². The van der Waals surface area contributed by atoms with Gasteiger partial charge < -0.3 is 4.74 Å². The predicted molar refractivity (Wildman–Crippen MR) is 46.1 cm³/mol. The van der Waals surface area contributed by atoms with Crippen molar-refractivity contribution in [3.05, 3.63) is 17.4 Å². The maximum Gasteiger partial charge on any atom is 0.151 e. The lowest BCUT2D eigenvalue weighted by atomic mass is 10.2. The highest BCUT2D eigenvalue weighted by Crippen LogP contribution is 2.22. The smallest absolute Gasteiger partial charge is 0.151 e. The molecular formula is C8H11ClN2O. The van der Waals surface area contributed by atoms with E-state index in [4.69, 9.17) is 16.3 Å². The molecule has 0 radical (unpaired) electrons. The van der Waals surface area contributed by atoms with Gasteiger partial charge in [0.1, 0.15) is 6.23 Å². The number of nitrogens with zero attached hydrogens (tertiary/aromatic N) is 2. The summed E-state index contributed by atoms with van der Waals surface area (Å²) in [6.07, 6.45) is 5.37. The zero-order chi connectivity index (χ0) is 8.39. The summed E-state index contributed by atoms with van der Waals surface area (Å²) in [6, 6.07) is 1.78. The normalized spacial score (nSPS) is 24.2. The SMILES string of the molecule is Clc1ccn(C2CCCCO2)n1. The number of hydrogen-bond donors (Lipinski definition) is 0.